The first-order chi connectivity index (χ1) is 11.7. The molecule has 2 aromatic rings. The molecule has 1 aliphatic carbocycles. The topological polar surface area (TPSA) is 102 Å². The van der Waals surface area contributed by atoms with Gasteiger partial charge in [-0.1, -0.05) is 0 Å². The van der Waals surface area contributed by atoms with Crippen molar-refractivity contribution in [3.63, 3.8) is 0 Å². The lowest BCUT2D eigenvalue weighted by Gasteiger charge is -2.35. The van der Waals surface area contributed by atoms with E-state index in [1.165, 1.54) is 0 Å². The molecule has 2 N–H and O–H groups in total. The number of aromatic nitrogens is 3. The van der Waals surface area contributed by atoms with E-state index >= 15 is 0 Å². The number of hydrogen-bond donors (Lipinski definition) is 2. The third-order valence-electron chi connectivity index (χ3n) is 4.24. The summed E-state index contributed by atoms with van der Waals surface area (Å²) in [7, 11) is 0. The number of furan rings is 1. The van der Waals surface area contributed by atoms with Crippen LogP contribution < -0.4 is 10.1 Å². The second-order valence-corrected chi connectivity index (χ2v) is 5.77. The van der Waals surface area contributed by atoms with Crippen LogP contribution >= 0.6 is 0 Å². The average Bonchev–Trinajstić information content (AvgIpc) is 3.16. The van der Waals surface area contributed by atoms with Crippen LogP contribution in [-0.4, -0.2) is 38.4 Å². The molecule has 0 bridgehead atoms. The maximum absolute atomic E-state index is 12.2. The zero-order chi connectivity index (χ0) is 17.1. The van der Waals surface area contributed by atoms with E-state index in [1.54, 1.807) is 12.1 Å². The molecule has 2 heterocycles. The van der Waals surface area contributed by atoms with E-state index < -0.39 is 0 Å². The van der Waals surface area contributed by atoms with Gasteiger partial charge in [0.1, 0.15) is 12.4 Å². The summed E-state index contributed by atoms with van der Waals surface area (Å²) in [5.41, 5.74) is 0. The van der Waals surface area contributed by atoms with Crippen molar-refractivity contribution in [2.75, 3.05) is 6.61 Å². The number of rotatable bonds is 7. The number of hydrogen-bond acceptors (Lipinski definition) is 6. The maximum atomic E-state index is 12.2. The largest absolute Gasteiger partial charge is 0.465 e. The molecule has 0 atom stereocenters. The van der Waals surface area contributed by atoms with Crippen LogP contribution in [0.15, 0.2) is 16.5 Å². The molecule has 130 valence electrons. The fourth-order valence-corrected chi connectivity index (χ4v) is 2.98. The number of carbonyl (C=O) groups is 1. The third-order valence-corrected chi connectivity index (χ3v) is 4.24. The van der Waals surface area contributed by atoms with Gasteiger partial charge in [0.05, 0.1) is 6.61 Å². The number of carbonyl (C=O) groups excluding carboxylic acids is 1. The Labute approximate surface area is 139 Å². The van der Waals surface area contributed by atoms with Gasteiger partial charge in [-0.05, 0) is 32.8 Å². The Morgan fingerprint density at radius 1 is 1.42 bits per heavy atom. The van der Waals surface area contributed by atoms with Crippen LogP contribution in [0.1, 0.15) is 54.8 Å². The van der Waals surface area contributed by atoms with Gasteiger partial charge in [0, 0.05) is 24.6 Å². The van der Waals surface area contributed by atoms with Crippen LogP contribution in [0.25, 0.3) is 0 Å². The van der Waals surface area contributed by atoms with Crippen LogP contribution in [0.5, 0.6) is 5.95 Å². The van der Waals surface area contributed by atoms with E-state index in [2.05, 4.69) is 15.5 Å². The molecule has 0 radical (unpaired) electrons. The van der Waals surface area contributed by atoms with Crippen molar-refractivity contribution in [3.8, 4) is 5.95 Å². The molecule has 1 amide bonds. The summed E-state index contributed by atoms with van der Waals surface area (Å²) in [4.78, 5) is 12.2. The number of aliphatic hydroxyl groups is 1. The van der Waals surface area contributed by atoms with Crippen LogP contribution in [0, 0.1) is 0 Å². The molecule has 1 aliphatic rings. The van der Waals surface area contributed by atoms with Gasteiger partial charge in [-0.3, -0.25) is 4.79 Å². The van der Waals surface area contributed by atoms with E-state index in [-0.39, 0.29) is 30.2 Å². The van der Waals surface area contributed by atoms with Crippen LogP contribution in [0.4, 0.5) is 0 Å². The summed E-state index contributed by atoms with van der Waals surface area (Å²) in [6.07, 6.45) is 1.60. The maximum Gasteiger partial charge on any atom is 0.287 e. The summed E-state index contributed by atoms with van der Waals surface area (Å²) >= 11 is 0. The molecular formula is C16H22N4O4. The number of ether oxygens (including phenoxy) is 1. The molecule has 8 nitrogen and oxygen atoms in total. The van der Waals surface area contributed by atoms with E-state index in [4.69, 9.17) is 9.15 Å². The Morgan fingerprint density at radius 3 is 2.88 bits per heavy atom. The van der Waals surface area contributed by atoms with Crippen LogP contribution in [0.2, 0.25) is 0 Å². The first-order valence-electron chi connectivity index (χ1n) is 8.22. The number of nitrogens with one attached hydrogen (secondary N) is 1. The highest BCUT2D eigenvalue weighted by molar-refractivity contribution is 5.91. The molecule has 2 aromatic heterocycles. The highest BCUT2D eigenvalue weighted by Gasteiger charge is 2.35. The molecule has 0 spiro atoms. The van der Waals surface area contributed by atoms with E-state index in [0.29, 0.717) is 18.4 Å². The van der Waals surface area contributed by atoms with Gasteiger partial charge in [-0.25, -0.2) is 0 Å². The van der Waals surface area contributed by atoms with Crippen molar-refractivity contribution >= 4 is 5.91 Å². The molecule has 3 rings (SSSR count). The number of aliphatic hydroxyl groups excluding tert-OH is 1. The lowest BCUT2D eigenvalue weighted by Crippen LogP contribution is -2.44. The number of nitrogens with zero attached hydrogens (tertiary/aromatic N) is 3. The molecule has 1 fully saturated rings. The summed E-state index contributed by atoms with van der Waals surface area (Å²) in [5.74, 6) is 2.07. The molecule has 8 heteroatoms. The van der Waals surface area contributed by atoms with Crippen molar-refractivity contribution in [2.24, 2.45) is 0 Å². The fraction of sp³-hybridized carbons (Fsp3) is 0.562. The standard InChI is InChI=1S/C16H22N4O4/c1-3-20-13(9-21)18-19-15(20)10-7-11(8-10)17-16(22)12-5-6-14(24-12)23-4-2/h5-6,10-11,21H,3-4,7-9H2,1-2H3,(H,17,22). The average molecular weight is 334 g/mol. The summed E-state index contributed by atoms with van der Waals surface area (Å²) in [6, 6.07) is 3.34. The molecular weight excluding hydrogens is 312 g/mol. The van der Waals surface area contributed by atoms with Gasteiger partial charge in [-0.15, -0.1) is 10.2 Å². The van der Waals surface area contributed by atoms with Crippen molar-refractivity contribution in [3.05, 3.63) is 29.5 Å². The molecule has 0 aromatic carbocycles. The summed E-state index contributed by atoms with van der Waals surface area (Å²) < 4.78 is 12.5. The predicted octanol–water partition coefficient (Wildman–Crippen LogP) is 1.46. The van der Waals surface area contributed by atoms with Crippen molar-refractivity contribution in [2.45, 2.75) is 51.8 Å². The fourth-order valence-electron chi connectivity index (χ4n) is 2.98. The second-order valence-electron chi connectivity index (χ2n) is 5.77. The smallest absolute Gasteiger partial charge is 0.287 e. The van der Waals surface area contributed by atoms with Gasteiger partial charge in [0.15, 0.2) is 11.6 Å². The first-order valence-corrected chi connectivity index (χ1v) is 8.22. The van der Waals surface area contributed by atoms with Crippen molar-refractivity contribution in [1.29, 1.82) is 0 Å². The first kappa shape index (κ1) is 16.5. The Balaban J connectivity index is 1.55. The monoisotopic (exact) mass is 334 g/mol. The Bertz CT molecular complexity index is 703. The zero-order valence-corrected chi connectivity index (χ0v) is 13.9. The highest BCUT2D eigenvalue weighted by atomic mass is 16.6. The van der Waals surface area contributed by atoms with Crippen molar-refractivity contribution < 1.29 is 19.1 Å². The quantitative estimate of drug-likeness (QED) is 0.795. The molecule has 0 saturated heterocycles. The van der Waals surface area contributed by atoms with E-state index in [0.717, 1.165) is 25.2 Å². The second kappa shape index (κ2) is 7.04. The minimum absolute atomic E-state index is 0.0859. The normalized spacial score (nSPS) is 19.8. The van der Waals surface area contributed by atoms with Gasteiger partial charge < -0.3 is 24.1 Å². The van der Waals surface area contributed by atoms with Gasteiger partial charge in [0.2, 0.25) is 0 Å². The Morgan fingerprint density at radius 2 is 2.21 bits per heavy atom. The van der Waals surface area contributed by atoms with Gasteiger partial charge >= 0.3 is 0 Å². The number of amides is 1. The van der Waals surface area contributed by atoms with E-state index in [9.17, 15) is 9.90 Å². The molecule has 24 heavy (non-hydrogen) atoms. The van der Waals surface area contributed by atoms with Crippen molar-refractivity contribution in [1.82, 2.24) is 20.1 Å². The minimum atomic E-state index is -0.239. The highest BCUT2D eigenvalue weighted by Crippen LogP contribution is 2.36. The molecule has 1 saturated carbocycles. The third kappa shape index (κ3) is 3.14. The summed E-state index contributed by atoms with van der Waals surface area (Å²) in [5, 5.41) is 20.4. The molecule has 0 aliphatic heterocycles. The SMILES string of the molecule is CCOc1ccc(C(=O)NC2CC(c3nnc(CO)n3CC)C2)o1. The molecule has 0 unspecified atom stereocenters. The minimum Gasteiger partial charge on any atom is -0.465 e. The van der Waals surface area contributed by atoms with Gasteiger partial charge in [0.25, 0.3) is 11.9 Å². The Kier molecular flexibility index (Phi) is 4.84. The Hall–Kier alpha value is -2.35. The predicted molar refractivity (Wildman–Crippen MR) is 84.7 cm³/mol. The lowest BCUT2D eigenvalue weighted by molar-refractivity contribution is 0.0870. The van der Waals surface area contributed by atoms with Crippen LogP contribution in [-0.2, 0) is 13.2 Å². The zero-order valence-electron chi connectivity index (χ0n) is 13.9. The van der Waals surface area contributed by atoms with Gasteiger partial charge in [-0.2, -0.15) is 0 Å². The summed E-state index contributed by atoms with van der Waals surface area (Å²) in [6.45, 7) is 4.95. The van der Waals surface area contributed by atoms with E-state index in [1.807, 2.05) is 18.4 Å². The lowest BCUT2D eigenvalue weighted by atomic mass is 9.79. The van der Waals surface area contributed by atoms with Crippen LogP contribution in [0.3, 0.4) is 0 Å².